The molecule has 2 heteroatoms. The fraction of sp³-hybridized carbons (Fsp3) is 0.0638. The highest BCUT2D eigenvalue weighted by Gasteiger charge is 2.38. The van der Waals surface area contributed by atoms with Gasteiger partial charge in [0.25, 0.3) is 0 Å². The number of anilines is 3. The minimum absolute atomic E-state index is 0.120. The summed E-state index contributed by atoms with van der Waals surface area (Å²) in [4.78, 5) is 2.34. The van der Waals surface area contributed by atoms with Gasteiger partial charge in [0, 0.05) is 33.1 Å². The Balaban J connectivity index is 1.18. The largest absolute Gasteiger partial charge is 0.453 e. The number of fused-ring (bicyclic) bond motifs is 10. The molecule has 0 amide bonds. The van der Waals surface area contributed by atoms with Crippen LogP contribution in [-0.4, -0.2) is 0 Å². The lowest BCUT2D eigenvalue weighted by molar-refractivity contribution is 0.667. The summed E-state index contributed by atoms with van der Waals surface area (Å²) in [5.41, 5.74) is 12.6. The summed E-state index contributed by atoms with van der Waals surface area (Å²) in [5, 5.41) is 7.37. The molecule has 9 aromatic rings. The van der Waals surface area contributed by atoms with E-state index in [0.717, 1.165) is 50.1 Å². The quantitative estimate of drug-likeness (QED) is 0.193. The Morgan fingerprint density at radius 2 is 1.16 bits per heavy atom. The van der Waals surface area contributed by atoms with E-state index in [1.165, 1.54) is 43.8 Å². The molecular weight excluding hydrogens is 595 g/mol. The van der Waals surface area contributed by atoms with E-state index in [1.807, 2.05) is 0 Å². The second-order valence-electron chi connectivity index (χ2n) is 13.7. The Bertz CT molecular complexity index is 2740. The molecule has 0 N–H and O–H groups in total. The molecule has 1 heterocycles. The number of hydrogen-bond donors (Lipinski definition) is 0. The van der Waals surface area contributed by atoms with Gasteiger partial charge in [-0.05, 0) is 79.7 Å². The molecule has 0 fully saturated rings. The Morgan fingerprint density at radius 1 is 0.469 bits per heavy atom. The molecule has 2 nitrogen and oxygen atoms in total. The first kappa shape index (κ1) is 27.9. The van der Waals surface area contributed by atoms with Crippen LogP contribution in [0.15, 0.2) is 168 Å². The highest BCUT2D eigenvalue weighted by molar-refractivity contribution is 6.14. The van der Waals surface area contributed by atoms with E-state index < -0.39 is 0 Å². The smallest absolute Gasteiger partial charge is 0.159 e. The van der Waals surface area contributed by atoms with Gasteiger partial charge in [-0.3, -0.25) is 0 Å². The molecule has 0 spiro atoms. The Hall–Kier alpha value is -6.12. The van der Waals surface area contributed by atoms with Gasteiger partial charge >= 0.3 is 0 Å². The van der Waals surface area contributed by atoms with Crippen molar-refractivity contribution in [2.45, 2.75) is 19.3 Å². The normalized spacial score (nSPS) is 13.3. The van der Waals surface area contributed by atoms with Gasteiger partial charge in [-0.25, -0.2) is 0 Å². The van der Waals surface area contributed by atoms with Crippen LogP contribution in [0.25, 0.3) is 65.7 Å². The minimum atomic E-state index is -0.120. The molecule has 0 unspecified atom stereocenters. The van der Waals surface area contributed by atoms with Crippen molar-refractivity contribution in [2.24, 2.45) is 0 Å². The molecule has 0 bridgehead atoms. The predicted molar refractivity (Wildman–Crippen MR) is 206 cm³/mol. The van der Waals surface area contributed by atoms with Crippen molar-refractivity contribution in [1.82, 2.24) is 0 Å². The van der Waals surface area contributed by atoms with Crippen LogP contribution in [0.2, 0.25) is 0 Å². The topological polar surface area (TPSA) is 16.4 Å². The Labute approximate surface area is 285 Å². The number of hydrogen-bond acceptors (Lipinski definition) is 2. The van der Waals surface area contributed by atoms with Gasteiger partial charge in [0.15, 0.2) is 5.58 Å². The highest BCUT2D eigenvalue weighted by atomic mass is 16.3. The number of para-hydroxylation sites is 3. The van der Waals surface area contributed by atoms with Crippen LogP contribution in [0.3, 0.4) is 0 Å². The summed E-state index contributed by atoms with van der Waals surface area (Å²) in [6.07, 6.45) is 0. The summed E-state index contributed by atoms with van der Waals surface area (Å²) >= 11 is 0. The third-order valence-corrected chi connectivity index (χ3v) is 10.6. The lowest BCUT2D eigenvalue weighted by atomic mass is 9.80. The zero-order valence-electron chi connectivity index (χ0n) is 27.4. The second kappa shape index (κ2) is 10.4. The van der Waals surface area contributed by atoms with Gasteiger partial charge in [-0.2, -0.15) is 0 Å². The first-order valence-electron chi connectivity index (χ1n) is 17.0. The molecule has 0 aliphatic heterocycles. The SMILES string of the molecule is CC1(C)c2ccc3ccccc3c2-c2ccc3cc(N(c4ccccc4)c4cccc5c4oc4c(-c6ccccc6)cccc45)ccc3c21. The van der Waals surface area contributed by atoms with Crippen LogP contribution in [0, 0.1) is 0 Å². The molecule has 0 saturated carbocycles. The lowest BCUT2D eigenvalue weighted by Crippen LogP contribution is -2.15. The van der Waals surface area contributed by atoms with Gasteiger partial charge in [-0.1, -0.05) is 147 Å². The van der Waals surface area contributed by atoms with Crippen molar-refractivity contribution in [3.63, 3.8) is 0 Å². The Morgan fingerprint density at radius 3 is 2.00 bits per heavy atom. The van der Waals surface area contributed by atoms with Gasteiger partial charge in [-0.15, -0.1) is 0 Å². The fourth-order valence-electron chi connectivity index (χ4n) is 8.39. The van der Waals surface area contributed by atoms with Crippen LogP contribution in [-0.2, 0) is 5.41 Å². The van der Waals surface area contributed by atoms with Gasteiger partial charge in [0.1, 0.15) is 5.58 Å². The van der Waals surface area contributed by atoms with E-state index in [1.54, 1.807) is 0 Å². The van der Waals surface area contributed by atoms with Crippen molar-refractivity contribution >= 4 is 60.5 Å². The summed E-state index contributed by atoms with van der Waals surface area (Å²) in [6.45, 7) is 4.75. The molecule has 232 valence electrons. The molecule has 0 radical (unpaired) electrons. The maximum atomic E-state index is 6.90. The van der Waals surface area contributed by atoms with E-state index in [9.17, 15) is 0 Å². The highest BCUT2D eigenvalue weighted by Crippen LogP contribution is 2.54. The molecule has 0 saturated heterocycles. The van der Waals surface area contributed by atoms with Crippen molar-refractivity contribution in [3.8, 4) is 22.3 Å². The van der Waals surface area contributed by atoms with Gasteiger partial charge in [0.05, 0.1) is 5.69 Å². The van der Waals surface area contributed by atoms with E-state index in [2.05, 4.69) is 183 Å². The van der Waals surface area contributed by atoms with Crippen molar-refractivity contribution < 1.29 is 4.42 Å². The van der Waals surface area contributed by atoms with E-state index in [-0.39, 0.29) is 5.41 Å². The summed E-state index contributed by atoms with van der Waals surface area (Å²) < 4.78 is 6.90. The van der Waals surface area contributed by atoms with Gasteiger partial charge < -0.3 is 9.32 Å². The van der Waals surface area contributed by atoms with Crippen molar-refractivity contribution in [1.29, 1.82) is 0 Å². The van der Waals surface area contributed by atoms with Gasteiger partial charge in [0.2, 0.25) is 0 Å². The zero-order chi connectivity index (χ0) is 32.7. The number of rotatable bonds is 4. The molecule has 1 aliphatic carbocycles. The number of nitrogens with zero attached hydrogens (tertiary/aromatic N) is 1. The summed E-state index contributed by atoms with van der Waals surface area (Å²) in [5.74, 6) is 0. The monoisotopic (exact) mass is 627 g/mol. The van der Waals surface area contributed by atoms with Crippen LogP contribution >= 0.6 is 0 Å². The third kappa shape index (κ3) is 4.07. The van der Waals surface area contributed by atoms with Crippen molar-refractivity contribution in [2.75, 3.05) is 4.90 Å². The van der Waals surface area contributed by atoms with E-state index >= 15 is 0 Å². The molecule has 0 atom stereocenters. The fourth-order valence-corrected chi connectivity index (χ4v) is 8.39. The molecule has 1 aromatic heterocycles. The predicted octanol–water partition coefficient (Wildman–Crippen LogP) is 13.3. The molecule has 1 aliphatic rings. The molecular formula is C47H33NO. The average Bonchev–Trinajstić information content (AvgIpc) is 3.65. The summed E-state index contributed by atoms with van der Waals surface area (Å²) in [6, 6.07) is 59.1. The first-order chi connectivity index (χ1) is 24.1. The van der Waals surface area contributed by atoms with Crippen LogP contribution < -0.4 is 4.90 Å². The standard InChI is InChI=1S/C47H33NO/c1-47(2)41-28-24-31-15-9-10-18-35(31)43(41)40-26-23-32-29-34(25-27-36(32)44(40)47)48(33-16-7-4-8-17-33)42-22-12-21-39-38-20-11-19-37(45(38)49-46(39)42)30-13-5-3-6-14-30/h3-29H,1-2H3. The van der Waals surface area contributed by atoms with Crippen LogP contribution in [0.4, 0.5) is 17.1 Å². The van der Waals surface area contributed by atoms with Crippen LogP contribution in [0.5, 0.6) is 0 Å². The minimum Gasteiger partial charge on any atom is -0.453 e. The second-order valence-corrected chi connectivity index (χ2v) is 13.7. The zero-order valence-corrected chi connectivity index (χ0v) is 27.4. The number of furan rings is 1. The van der Waals surface area contributed by atoms with Crippen LogP contribution in [0.1, 0.15) is 25.0 Å². The number of benzene rings is 8. The van der Waals surface area contributed by atoms with E-state index in [0.29, 0.717) is 0 Å². The lowest BCUT2D eigenvalue weighted by Gasteiger charge is -2.27. The Kier molecular flexibility index (Phi) is 5.95. The third-order valence-electron chi connectivity index (χ3n) is 10.6. The van der Waals surface area contributed by atoms with E-state index in [4.69, 9.17) is 4.42 Å². The average molecular weight is 628 g/mol. The molecule has 10 rings (SSSR count). The van der Waals surface area contributed by atoms with Crippen molar-refractivity contribution in [3.05, 3.63) is 175 Å². The molecule has 8 aromatic carbocycles. The maximum Gasteiger partial charge on any atom is 0.159 e. The maximum absolute atomic E-state index is 6.90. The first-order valence-corrected chi connectivity index (χ1v) is 17.0. The molecule has 49 heavy (non-hydrogen) atoms. The summed E-state index contributed by atoms with van der Waals surface area (Å²) in [7, 11) is 0.